The van der Waals surface area contributed by atoms with Crippen LogP contribution in [-0.2, 0) is 29.1 Å². The van der Waals surface area contributed by atoms with Crippen LogP contribution in [-0.4, -0.2) is 40.1 Å². The van der Waals surface area contributed by atoms with E-state index >= 15 is 0 Å². The highest BCUT2D eigenvalue weighted by molar-refractivity contribution is 7.80. The molecule has 0 radical (unpaired) electrons. The van der Waals surface area contributed by atoms with E-state index in [-0.39, 0.29) is 42.8 Å². The summed E-state index contributed by atoms with van der Waals surface area (Å²) in [6, 6.07) is 11.8. The fraction of sp³-hybridized carbons (Fsp3) is 0.208. The third-order valence-corrected chi connectivity index (χ3v) is 5.52. The maximum atomic E-state index is 13.1. The van der Waals surface area contributed by atoms with Crippen LogP contribution in [0.1, 0.15) is 37.4 Å². The lowest BCUT2D eigenvalue weighted by Crippen LogP contribution is -2.42. The number of carbonyl (C=O) groups is 4. The molecule has 0 spiro atoms. The lowest BCUT2D eigenvalue weighted by atomic mass is 9.81. The molecule has 7 nitrogen and oxygen atoms in total. The molecule has 0 saturated carbocycles. The Morgan fingerprint density at radius 1 is 0.969 bits per heavy atom. The Labute approximate surface area is 190 Å². The van der Waals surface area contributed by atoms with E-state index in [2.05, 4.69) is 17.9 Å². The first kappa shape index (κ1) is 21.7. The highest BCUT2D eigenvalue weighted by Crippen LogP contribution is 2.29. The van der Waals surface area contributed by atoms with Crippen molar-refractivity contribution >= 4 is 35.9 Å². The van der Waals surface area contributed by atoms with Crippen molar-refractivity contribution in [2.24, 2.45) is 0 Å². The SMILES string of the molecule is O=C(Cc1cccc2c1C(=O)c1ccccc1C2=O)Cn1cc[n+](CC(=O)NCCS)c1. The lowest BCUT2D eigenvalue weighted by Gasteiger charge is -2.19. The molecule has 0 aliphatic heterocycles. The van der Waals surface area contributed by atoms with Crippen LogP contribution < -0.4 is 9.88 Å². The van der Waals surface area contributed by atoms with Gasteiger partial charge in [-0.25, -0.2) is 9.13 Å². The van der Waals surface area contributed by atoms with Crippen LogP contribution in [0.2, 0.25) is 0 Å². The standard InChI is InChI=1S/C24H21N3O4S/c28-17(13-26-9-10-27(15-26)14-21(29)25-8-11-32)12-16-4-3-7-20-22(16)24(31)19-6-2-1-5-18(19)23(20)30/h1-7,9-10,15H,8,11-14H2,(H-,25,29,32)/p+1. The molecule has 1 amide bonds. The fourth-order valence-electron chi connectivity index (χ4n) is 3.88. The van der Waals surface area contributed by atoms with Crippen LogP contribution in [0.5, 0.6) is 0 Å². The van der Waals surface area contributed by atoms with E-state index in [0.717, 1.165) is 0 Å². The number of nitrogens with one attached hydrogen (secondary N) is 1. The van der Waals surface area contributed by atoms with Crippen LogP contribution in [0.15, 0.2) is 61.2 Å². The minimum atomic E-state index is -0.232. The summed E-state index contributed by atoms with van der Waals surface area (Å²) in [5.41, 5.74) is 1.96. The van der Waals surface area contributed by atoms with Crippen molar-refractivity contribution in [1.82, 2.24) is 9.88 Å². The molecule has 0 fully saturated rings. The maximum Gasteiger partial charge on any atom is 0.262 e. The van der Waals surface area contributed by atoms with Crippen molar-refractivity contribution in [3.05, 3.63) is 89.0 Å². The van der Waals surface area contributed by atoms with Gasteiger partial charge in [-0.15, -0.1) is 0 Å². The molecule has 0 unspecified atom stereocenters. The average molecular weight is 449 g/mol. The molecule has 0 saturated heterocycles. The zero-order valence-corrected chi connectivity index (χ0v) is 18.2. The summed E-state index contributed by atoms with van der Waals surface area (Å²) in [7, 11) is 0. The van der Waals surface area contributed by atoms with Gasteiger partial charge in [0.2, 0.25) is 6.33 Å². The number of rotatable bonds is 8. The van der Waals surface area contributed by atoms with Crippen molar-refractivity contribution in [3.63, 3.8) is 0 Å². The fourth-order valence-corrected chi connectivity index (χ4v) is 3.99. The van der Waals surface area contributed by atoms with Gasteiger partial charge in [0.05, 0.1) is 0 Å². The first-order chi connectivity index (χ1) is 15.5. The van der Waals surface area contributed by atoms with Gasteiger partial charge in [-0.05, 0) is 5.56 Å². The van der Waals surface area contributed by atoms with E-state index in [1.807, 2.05) is 0 Å². The molecule has 4 rings (SSSR count). The molecule has 1 aliphatic rings. The smallest absolute Gasteiger partial charge is 0.262 e. The Hall–Kier alpha value is -3.52. The second kappa shape index (κ2) is 9.32. The Morgan fingerprint density at radius 3 is 2.44 bits per heavy atom. The summed E-state index contributed by atoms with van der Waals surface area (Å²) in [6.45, 7) is 0.736. The van der Waals surface area contributed by atoms with Crippen molar-refractivity contribution < 1.29 is 23.7 Å². The van der Waals surface area contributed by atoms with Crippen LogP contribution in [0.4, 0.5) is 0 Å². The predicted molar refractivity (Wildman–Crippen MR) is 120 cm³/mol. The first-order valence-electron chi connectivity index (χ1n) is 10.2. The summed E-state index contributed by atoms with van der Waals surface area (Å²) in [5.74, 6) is -0.113. The summed E-state index contributed by atoms with van der Waals surface area (Å²) >= 11 is 4.06. The van der Waals surface area contributed by atoms with E-state index < -0.39 is 0 Å². The molecule has 32 heavy (non-hydrogen) atoms. The monoisotopic (exact) mass is 448 g/mol. The van der Waals surface area contributed by atoms with Gasteiger partial charge < -0.3 is 5.32 Å². The van der Waals surface area contributed by atoms with Gasteiger partial charge >= 0.3 is 0 Å². The number of carbonyl (C=O) groups excluding carboxylic acids is 4. The second-order valence-electron chi connectivity index (χ2n) is 7.59. The van der Waals surface area contributed by atoms with Crippen LogP contribution in [0, 0.1) is 0 Å². The van der Waals surface area contributed by atoms with Gasteiger partial charge in [-0.2, -0.15) is 12.6 Å². The topological polar surface area (TPSA) is 89.1 Å². The Morgan fingerprint density at radius 2 is 1.69 bits per heavy atom. The summed E-state index contributed by atoms with van der Waals surface area (Å²) < 4.78 is 3.37. The molecular formula is C24H22N3O4S+. The normalized spacial score (nSPS) is 12.3. The minimum absolute atomic E-state index is 0.0327. The number of ketones is 3. The number of amides is 1. The van der Waals surface area contributed by atoms with Crippen molar-refractivity contribution in [2.45, 2.75) is 19.5 Å². The largest absolute Gasteiger partial charge is 0.352 e. The van der Waals surface area contributed by atoms with Crippen LogP contribution in [0.3, 0.4) is 0 Å². The van der Waals surface area contributed by atoms with Gasteiger partial charge in [0.15, 0.2) is 23.9 Å². The molecule has 1 aromatic heterocycles. The maximum absolute atomic E-state index is 13.1. The van der Waals surface area contributed by atoms with E-state index in [1.54, 1.807) is 70.3 Å². The van der Waals surface area contributed by atoms with Crippen molar-refractivity contribution in [1.29, 1.82) is 0 Å². The van der Waals surface area contributed by atoms with Gasteiger partial charge in [-0.1, -0.05) is 42.5 Å². The third-order valence-electron chi connectivity index (χ3n) is 5.29. The highest BCUT2D eigenvalue weighted by Gasteiger charge is 2.31. The molecule has 1 heterocycles. The molecule has 1 aliphatic carbocycles. The Kier molecular flexibility index (Phi) is 6.32. The van der Waals surface area contributed by atoms with Gasteiger partial charge in [-0.3, -0.25) is 19.2 Å². The molecule has 0 bridgehead atoms. The number of imidazole rings is 1. The lowest BCUT2D eigenvalue weighted by molar-refractivity contribution is -0.684. The Balaban J connectivity index is 1.48. The van der Waals surface area contributed by atoms with Crippen LogP contribution in [0.25, 0.3) is 0 Å². The summed E-state index contributed by atoms with van der Waals surface area (Å²) in [4.78, 5) is 50.5. The number of thiol groups is 1. The molecule has 1 N–H and O–H groups in total. The van der Waals surface area contributed by atoms with Crippen LogP contribution >= 0.6 is 12.6 Å². The van der Waals surface area contributed by atoms with E-state index in [4.69, 9.17) is 0 Å². The molecule has 2 aromatic carbocycles. The van der Waals surface area contributed by atoms with E-state index in [0.29, 0.717) is 40.1 Å². The number of Topliss-reactive ketones (excluding diaryl/α,β-unsaturated/α-hetero) is 1. The summed E-state index contributed by atoms with van der Waals surface area (Å²) in [6.07, 6.45) is 5.15. The van der Waals surface area contributed by atoms with Crippen molar-refractivity contribution in [3.8, 4) is 0 Å². The number of fused-ring (bicyclic) bond motifs is 2. The Bertz CT molecular complexity index is 1230. The molecule has 8 heteroatoms. The average Bonchev–Trinajstić information content (AvgIpc) is 3.22. The molecular weight excluding hydrogens is 426 g/mol. The molecule has 162 valence electrons. The number of aromatic nitrogens is 2. The minimum Gasteiger partial charge on any atom is -0.352 e. The second-order valence-corrected chi connectivity index (χ2v) is 8.04. The van der Waals surface area contributed by atoms with E-state index in [1.165, 1.54) is 0 Å². The molecule has 3 aromatic rings. The third kappa shape index (κ3) is 4.40. The summed E-state index contributed by atoms with van der Waals surface area (Å²) in [5, 5.41) is 2.74. The number of hydrogen-bond donors (Lipinski definition) is 2. The van der Waals surface area contributed by atoms with Gasteiger partial charge in [0.25, 0.3) is 5.91 Å². The predicted octanol–water partition coefficient (Wildman–Crippen LogP) is 1.41. The number of hydrogen-bond acceptors (Lipinski definition) is 5. The zero-order chi connectivity index (χ0) is 22.7. The quantitative estimate of drug-likeness (QED) is 0.315. The number of benzene rings is 2. The van der Waals surface area contributed by atoms with Crippen molar-refractivity contribution in [2.75, 3.05) is 12.3 Å². The number of nitrogens with zero attached hydrogens (tertiary/aromatic N) is 2. The van der Waals surface area contributed by atoms with Gasteiger partial charge in [0, 0.05) is 41.0 Å². The zero-order valence-electron chi connectivity index (χ0n) is 17.3. The van der Waals surface area contributed by atoms with E-state index in [9.17, 15) is 19.2 Å². The highest BCUT2D eigenvalue weighted by atomic mass is 32.1. The van der Waals surface area contributed by atoms with Gasteiger partial charge in [0.1, 0.15) is 18.9 Å². The molecule has 0 atom stereocenters. The first-order valence-corrected chi connectivity index (χ1v) is 10.9.